The molecule has 0 aliphatic carbocycles. The van der Waals surface area contributed by atoms with Crippen LogP contribution in [0.2, 0.25) is 0 Å². The first-order valence-corrected chi connectivity index (χ1v) is 7.11. The molecule has 1 fully saturated rings. The van der Waals surface area contributed by atoms with Crippen molar-refractivity contribution in [1.82, 2.24) is 4.90 Å². The summed E-state index contributed by atoms with van der Waals surface area (Å²) in [5.74, 6) is 1.65. The molecule has 1 saturated heterocycles. The summed E-state index contributed by atoms with van der Waals surface area (Å²) in [5.41, 5.74) is 8.97. The zero-order valence-electron chi connectivity index (χ0n) is 11.9. The molecule has 2 N–H and O–H groups in total. The number of nitrogens with zero attached hydrogens (tertiary/aromatic N) is 1. The van der Waals surface area contributed by atoms with Crippen LogP contribution in [0.4, 0.5) is 0 Å². The minimum Gasteiger partial charge on any atom is -0.323 e. The van der Waals surface area contributed by atoms with Gasteiger partial charge in [-0.05, 0) is 42.9 Å². The van der Waals surface area contributed by atoms with E-state index in [9.17, 15) is 0 Å². The minimum absolute atomic E-state index is 0.145. The van der Waals surface area contributed by atoms with Crippen molar-refractivity contribution in [3.05, 3.63) is 35.4 Å². The lowest BCUT2D eigenvalue weighted by Gasteiger charge is -2.36. The van der Waals surface area contributed by atoms with Crippen LogP contribution in [0.15, 0.2) is 24.3 Å². The lowest BCUT2D eigenvalue weighted by molar-refractivity contribution is 0.132. The van der Waals surface area contributed by atoms with E-state index >= 15 is 0 Å². The topological polar surface area (TPSA) is 29.3 Å². The number of likely N-dealkylation sites (tertiary alicyclic amines) is 1. The smallest absolute Gasteiger partial charge is 0.0426 e. The molecule has 18 heavy (non-hydrogen) atoms. The molecule has 0 aromatic heterocycles. The van der Waals surface area contributed by atoms with Crippen molar-refractivity contribution < 1.29 is 0 Å². The van der Waals surface area contributed by atoms with E-state index in [2.05, 4.69) is 49.9 Å². The number of aryl methyl sites for hydroxylation is 1. The van der Waals surface area contributed by atoms with Crippen LogP contribution in [0.3, 0.4) is 0 Å². The zero-order valence-corrected chi connectivity index (χ0v) is 11.9. The van der Waals surface area contributed by atoms with Gasteiger partial charge in [-0.15, -0.1) is 0 Å². The van der Waals surface area contributed by atoms with E-state index in [0.29, 0.717) is 0 Å². The van der Waals surface area contributed by atoms with Gasteiger partial charge in [0.1, 0.15) is 0 Å². The van der Waals surface area contributed by atoms with Crippen molar-refractivity contribution in [2.75, 3.05) is 19.6 Å². The molecule has 2 heteroatoms. The van der Waals surface area contributed by atoms with E-state index in [-0.39, 0.29) is 6.04 Å². The molecule has 2 rings (SSSR count). The molecule has 100 valence electrons. The highest BCUT2D eigenvalue weighted by molar-refractivity contribution is 5.28. The monoisotopic (exact) mass is 246 g/mol. The van der Waals surface area contributed by atoms with Crippen LogP contribution >= 0.6 is 0 Å². The molecule has 3 atom stereocenters. The van der Waals surface area contributed by atoms with Gasteiger partial charge in [0, 0.05) is 19.1 Å². The lowest BCUT2D eigenvalue weighted by Crippen LogP contribution is -2.42. The summed E-state index contributed by atoms with van der Waals surface area (Å²) < 4.78 is 0. The van der Waals surface area contributed by atoms with E-state index in [0.717, 1.165) is 18.4 Å². The van der Waals surface area contributed by atoms with Crippen molar-refractivity contribution in [2.45, 2.75) is 33.2 Å². The van der Waals surface area contributed by atoms with Gasteiger partial charge >= 0.3 is 0 Å². The molecule has 1 aliphatic rings. The van der Waals surface area contributed by atoms with Crippen molar-refractivity contribution in [3.63, 3.8) is 0 Å². The Labute approximate surface area is 111 Å². The van der Waals surface area contributed by atoms with E-state index in [4.69, 9.17) is 5.73 Å². The van der Waals surface area contributed by atoms with Crippen LogP contribution in [0.25, 0.3) is 0 Å². The van der Waals surface area contributed by atoms with Crippen LogP contribution in [0.1, 0.15) is 37.4 Å². The summed E-state index contributed by atoms with van der Waals surface area (Å²) in [6, 6.07) is 8.62. The summed E-state index contributed by atoms with van der Waals surface area (Å²) in [5, 5.41) is 0. The molecule has 1 aromatic carbocycles. The van der Waals surface area contributed by atoms with Gasteiger partial charge in [0.2, 0.25) is 0 Å². The van der Waals surface area contributed by atoms with Crippen LogP contribution < -0.4 is 5.73 Å². The van der Waals surface area contributed by atoms with E-state index in [1.54, 1.807) is 0 Å². The number of hydrogen-bond donors (Lipinski definition) is 1. The second kappa shape index (κ2) is 5.85. The molecule has 3 unspecified atom stereocenters. The Morgan fingerprint density at radius 1 is 1.28 bits per heavy atom. The Balaban J connectivity index is 1.96. The third-order valence-electron chi connectivity index (χ3n) is 4.46. The molecule has 1 heterocycles. The van der Waals surface area contributed by atoms with Crippen LogP contribution in [0, 0.1) is 18.8 Å². The average molecular weight is 246 g/mol. The Morgan fingerprint density at radius 2 is 2.00 bits per heavy atom. The van der Waals surface area contributed by atoms with Gasteiger partial charge in [0.25, 0.3) is 0 Å². The third-order valence-corrected chi connectivity index (χ3v) is 4.46. The first-order chi connectivity index (χ1) is 8.58. The zero-order chi connectivity index (χ0) is 13.1. The second-order valence-corrected chi connectivity index (χ2v) is 5.97. The molecule has 2 nitrogen and oxygen atoms in total. The number of benzene rings is 1. The van der Waals surface area contributed by atoms with Gasteiger partial charge in [-0.3, -0.25) is 0 Å². The van der Waals surface area contributed by atoms with Gasteiger partial charge in [0.05, 0.1) is 0 Å². The summed E-state index contributed by atoms with van der Waals surface area (Å²) in [6.07, 6.45) is 1.31. The molecule has 1 aromatic rings. The molecule has 0 saturated carbocycles. The Hall–Kier alpha value is -0.860. The summed E-state index contributed by atoms with van der Waals surface area (Å²) in [7, 11) is 0. The fourth-order valence-electron chi connectivity index (χ4n) is 2.89. The highest BCUT2D eigenvalue weighted by Gasteiger charge is 2.24. The maximum Gasteiger partial charge on any atom is 0.0426 e. The van der Waals surface area contributed by atoms with Gasteiger partial charge in [-0.25, -0.2) is 0 Å². The standard InChI is InChI=1S/C16H26N2/c1-12-8-9-18(10-14(12)3)11-16(17)15-7-5-4-6-13(15)2/h4-7,12,14,16H,8-11,17H2,1-3H3. The Bertz CT molecular complexity index is 388. The maximum absolute atomic E-state index is 6.37. The molecular weight excluding hydrogens is 220 g/mol. The highest BCUT2D eigenvalue weighted by Crippen LogP contribution is 2.24. The summed E-state index contributed by atoms with van der Waals surface area (Å²) in [4.78, 5) is 2.53. The third kappa shape index (κ3) is 3.12. The van der Waals surface area contributed by atoms with Gasteiger partial charge in [-0.2, -0.15) is 0 Å². The molecule has 0 bridgehead atoms. The van der Waals surface area contributed by atoms with Crippen molar-refractivity contribution in [1.29, 1.82) is 0 Å². The Kier molecular flexibility index (Phi) is 4.41. The maximum atomic E-state index is 6.37. The first-order valence-electron chi connectivity index (χ1n) is 7.11. The van der Waals surface area contributed by atoms with Gasteiger partial charge in [0.15, 0.2) is 0 Å². The molecule has 1 aliphatic heterocycles. The predicted octanol–water partition coefficient (Wildman–Crippen LogP) is 2.97. The largest absolute Gasteiger partial charge is 0.323 e. The number of rotatable bonds is 3. The number of hydrogen-bond acceptors (Lipinski definition) is 2. The second-order valence-electron chi connectivity index (χ2n) is 5.97. The normalized spacial score (nSPS) is 27.1. The fraction of sp³-hybridized carbons (Fsp3) is 0.625. The van der Waals surface area contributed by atoms with E-state index in [1.807, 2.05) is 0 Å². The van der Waals surface area contributed by atoms with Crippen LogP contribution in [-0.2, 0) is 0 Å². The lowest BCUT2D eigenvalue weighted by atomic mass is 9.88. The molecule has 0 radical (unpaired) electrons. The molecular formula is C16H26N2. The summed E-state index contributed by atoms with van der Waals surface area (Å²) >= 11 is 0. The van der Waals surface area contributed by atoms with Crippen LogP contribution in [0.5, 0.6) is 0 Å². The summed E-state index contributed by atoms with van der Waals surface area (Å²) in [6.45, 7) is 10.3. The fourth-order valence-corrected chi connectivity index (χ4v) is 2.89. The van der Waals surface area contributed by atoms with Gasteiger partial charge < -0.3 is 10.6 Å². The number of piperidine rings is 1. The highest BCUT2D eigenvalue weighted by atomic mass is 15.1. The van der Waals surface area contributed by atoms with E-state index < -0.39 is 0 Å². The quantitative estimate of drug-likeness (QED) is 0.888. The van der Waals surface area contributed by atoms with Crippen molar-refractivity contribution in [2.24, 2.45) is 17.6 Å². The first kappa shape index (κ1) is 13.6. The average Bonchev–Trinajstić information content (AvgIpc) is 2.34. The SMILES string of the molecule is Cc1ccccc1C(N)CN1CCC(C)C(C)C1. The van der Waals surface area contributed by atoms with Gasteiger partial charge in [-0.1, -0.05) is 38.1 Å². The molecule has 0 amide bonds. The predicted molar refractivity (Wildman–Crippen MR) is 77.5 cm³/mol. The molecule has 0 spiro atoms. The van der Waals surface area contributed by atoms with E-state index in [1.165, 1.54) is 30.6 Å². The van der Waals surface area contributed by atoms with Crippen molar-refractivity contribution >= 4 is 0 Å². The number of nitrogens with two attached hydrogens (primary N) is 1. The van der Waals surface area contributed by atoms with Crippen molar-refractivity contribution in [3.8, 4) is 0 Å². The minimum atomic E-state index is 0.145. The van der Waals surface area contributed by atoms with Crippen LogP contribution in [-0.4, -0.2) is 24.5 Å². The Morgan fingerprint density at radius 3 is 2.67 bits per heavy atom.